The number of nitrogens with one attached hydrogen (secondary N) is 1. The Labute approximate surface area is 107 Å². The molecule has 0 aliphatic heterocycles. The van der Waals surface area contributed by atoms with E-state index >= 15 is 0 Å². The van der Waals surface area contributed by atoms with Crippen molar-refractivity contribution < 1.29 is 5.11 Å². The molecule has 17 heavy (non-hydrogen) atoms. The standard InChI is InChI=1S/C13H20N2OS/c1-2-15-13(9-16,11-3-4-11)10-17-12-5-7-14-8-6-12/h5-8,11,15-16H,2-4,9-10H2,1H3. The zero-order valence-electron chi connectivity index (χ0n) is 10.2. The normalized spacial score (nSPS) is 18.9. The van der Waals surface area contributed by atoms with Gasteiger partial charge in [-0.25, -0.2) is 0 Å². The molecule has 0 saturated heterocycles. The molecule has 1 unspecified atom stereocenters. The summed E-state index contributed by atoms with van der Waals surface area (Å²) in [6.45, 7) is 3.24. The molecule has 4 heteroatoms. The van der Waals surface area contributed by atoms with Crippen molar-refractivity contribution in [2.45, 2.75) is 30.2 Å². The van der Waals surface area contributed by atoms with Crippen LogP contribution in [0.2, 0.25) is 0 Å². The van der Waals surface area contributed by atoms with E-state index in [0.29, 0.717) is 5.92 Å². The molecule has 2 rings (SSSR count). The molecule has 1 aliphatic carbocycles. The summed E-state index contributed by atoms with van der Waals surface area (Å²) < 4.78 is 0. The summed E-state index contributed by atoms with van der Waals surface area (Å²) in [6, 6.07) is 4.04. The quantitative estimate of drug-likeness (QED) is 0.728. The summed E-state index contributed by atoms with van der Waals surface area (Å²) in [7, 11) is 0. The number of aliphatic hydroxyl groups excluding tert-OH is 1. The first-order valence-corrected chi connectivity index (χ1v) is 7.18. The van der Waals surface area contributed by atoms with Crippen LogP contribution in [0.3, 0.4) is 0 Å². The molecule has 1 atom stereocenters. The van der Waals surface area contributed by atoms with E-state index in [1.54, 1.807) is 11.8 Å². The first-order chi connectivity index (χ1) is 8.30. The summed E-state index contributed by atoms with van der Waals surface area (Å²) in [6.07, 6.45) is 6.11. The Morgan fingerprint density at radius 2 is 2.18 bits per heavy atom. The smallest absolute Gasteiger partial charge is 0.0624 e. The van der Waals surface area contributed by atoms with Gasteiger partial charge in [0, 0.05) is 23.0 Å². The van der Waals surface area contributed by atoms with Crippen molar-refractivity contribution in [3.05, 3.63) is 24.5 Å². The summed E-state index contributed by atoms with van der Waals surface area (Å²) in [4.78, 5) is 5.23. The van der Waals surface area contributed by atoms with Gasteiger partial charge in [0.05, 0.1) is 12.1 Å². The number of aromatic nitrogens is 1. The Bertz CT molecular complexity index is 343. The SMILES string of the molecule is CCNC(CO)(CSc1ccncc1)C1CC1. The summed E-state index contributed by atoms with van der Waals surface area (Å²) in [5.41, 5.74) is -0.0946. The van der Waals surface area contributed by atoms with Gasteiger partial charge in [0.25, 0.3) is 0 Å². The number of hydrogen-bond acceptors (Lipinski definition) is 4. The van der Waals surface area contributed by atoms with Crippen LogP contribution < -0.4 is 5.32 Å². The van der Waals surface area contributed by atoms with E-state index in [1.165, 1.54) is 17.7 Å². The van der Waals surface area contributed by atoms with Crippen molar-refractivity contribution in [3.63, 3.8) is 0 Å². The first kappa shape index (κ1) is 12.9. The summed E-state index contributed by atoms with van der Waals surface area (Å²) in [5, 5.41) is 13.2. The van der Waals surface area contributed by atoms with Gasteiger partial charge in [0.1, 0.15) is 0 Å². The largest absolute Gasteiger partial charge is 0.394 e. The Balaban J connectivity index is 1.97. The maximum atomic E-state index is 9.71. The minimum atomic E-state index is -0.0946. The summed E-state index contributed by atoms with van der Waals surface area (Å²) >= 11 is 1.80. The molecule has 1 aromatic rings. The molecule has 0 aromatic carbocycles. The summed E-state index contributed by atoms with van der Waals surface area (Å²) in [5.74, 6) is 1.56. The number of likely N-dealkylation sites (N-methyl/N-ethyl adjacent to an activating group) is 1. The van der Waals surface area contributed by atoms with Crippen molar-refractivity contribution in [1.29, 1.82) is 0 Å². The minimum Gasteiger partial charge on any atom is -0.394 e. The van der Waals surface area contributed by atoms with Gasteiger partial charge in [-0.15, -0.1) is 11.8 Å². The highest BCUT2D eigenvalue weighted by molar-refractivity contribution is 7.99. The van der Waals surface area contributed by atoms with Crippen LogP contribution in [0.5, 0.6) is 0 Å². The molecule has 1 aliphatic rings. The maximum absolute atomic E-state index is 9.71. The zero-order chi connectivity index (χ0) is 12.1. The minimum absolute atomic E-state index is 0.0946. The van der Waals surface area contributed by atoms with Crippen LogP contribution >= 0.6 is 11.8 Å². The van der Waals surface area contributed by atoms with Gasteiger partial charge in [-0.05, 0) is 37.4 Å². The van der Waals surface area contributed by atoms with E-state index in [2.05, 4.69) is 17.2 Å². The lowest BCUT2D eigenvalue weighted by Crippen LogP contribution is -2.52. The second kappa shape index (κ2) is 5.85. The topological polar surface area (TPSA) is 45.1 Å². The lowest BCUT2D eigenvalue weighted by Gasteiger charge is -2.32. The molecule has 0 spiro atoms. The average molecular weight is 252 g/mol. The Morgan fingerprint density at radius 1 is 1.47 bits per heavy atom. The fraction of sp³-hybridized carbons (Fsp3) is 0.615. The van der Waals surface area contributed by atoms with Gasteiger partial charge in [-0.1, -0.05) is 6.92 Å². The second-order valence-electron chi connectivity index (χ2n) is 4.59. The molecule has 0 amide bonds. The van der Waals surface area contributed by atoms with Crippen LogP contribution in [0.15, 0.2) is 29.4 Å². The second-order valence-corrected chi connectivity index (χ2v) is 5.64. The van der Waals surface area contributed by atoms with Crippen molar-refractivity contribution in [1.82, 2.24) is 10.3 Å². The van der Waals surface area contributed by atoms with Crippen molar-refractivity contribution in [2.75, 3.05) is 18.9 Å². The highest BCUT2D eigenvalue weighted by Crippen LogP contribution is 2.42. The maximum Gasteiger partial charge on any atom is 0.0624 e. The van der Waals surface area contributed by atoms with Crippen LogP contribution in [0, 0.1) is 5.92 Å². The van der Waals surface area contributed by atoms with E-state index in [9.17, 15) is 5.11 Å². The third-order valence-corrected chi connectivity index (χ3v) is 4.58. The Morgan fingerprint density at radius 3 is 2.71 bits per heavy atom. The van der Waals surface area contributed by atoms with Gasteiger partial charge in [0.15, 0.2) is 0 Å². The predicted octanol–water partition coefficient (Wildman–Crippen LogP) is 1.92. The number of aliphatic hydroxyl groups is 1. The monoisotopic (exact) mass is 252 g/mol. The van der Waals surface area contributed by atoms with Gasteiger partial charge < -0.3 is 10.4 Å². The van der Waals surface area contributed by atoms with Crippen LogP contribution in [0.1, 0.15) is 19.8 Å². The van der Waals surface area contributed by atoms with E-state index in [1.807, 2.05) is 24.5 Å². The lowest BCUT2D eigenvalue weighted by molar-refractivity contribution is 0.161. The highest BCUT2D eigenvalue weighted by Gasteiger charge is 2.44. The first-order valence-electron chi connectivity index (χ1n) is 6.19. The van der Waals surface area contributed by atoms with E-state index in [0.717, 1.165) is 12.3 Å². The van der Waals surface area contributed by atoms with Crippen molar-refractivity contribution in [3.8, 4) is 0 Å². The number of nitrogens with zero attached hydrogens (tertiary/aromatic N) is 1. The number of thioether (sulfide) groups is 1. The average Bonchev–Trinajstić information content (AvgIpc) is 3.20. The molecular formula is C13H20N2OS. The zero-order valence-corrected chi connectivity index (χ0v) is 11.0. The number of hydrogen-bond donors (Lipinski definition) is 2. The van der Waals surface area contributed by atoms with Crippen molar-refractivity contribution in [2.24, 2.45) is 5.92 Å². The molecule has 1 saturated carbocycles. The number of pyridine rings is 1. The molecule has 1 fully saturated rings. The van der Waals surface area contributed by atoms with Crippen molar-refractivity contribution >= 4 is 11.8 Å². The molecule has 1 heterocycles. The third-order valence-electron chi connectivity index (χ3n) is 3.32. The van der Waals surface area contributed by atoms with Gasteiger partial charge >= 0.3 is 0 Å². The molecule has 1 aromatic heterocycles. The van der Waals surface area contributed by atoms with E-state index < -0.39 is 0 Å². The van der Waals surface area contributed by atoms with Gasteiger partial charge in [-0.3, -0.25) is 4.98 Å². The lowest BCUT2D eigenvalue weighted by atomic mass is 9.97. The highest BCUT2D eigenvalue weighted by atomic mass is 32.2. The molecule has 0 bridgehead atoms. The van der Waals surface area contributed by atoms with Crippen LogP contribution in [0.4, 0.5) is 0 Å². The fourth-order valence-corrected chi connectivity index (χ4v) is 3.35. The van der Waals surface area contributed by atoms with Crippen LogP contribution in [-0.4, -0.2) is 34.5 Å². The Kier molecular flexibility index (Phi) is 4.42. The Hall–Kier alpha value is -0.580. The van der Waals surface area contributed by atoms with Gasteiger partial charge in [-0.2, -0.15) is 0 Å². The molecule has 94 valence electrons. The molecule has 0 radical (unpaired) electrons. The number of rotatable bonds is 7. The fourth-order valence-electron chi connectivity index (χ4n) is 2.18. The van der Waals surface area contributed by atoms with Gasteiger partial charge in [0.2, 0.25) is 0 Å². The molecular weight excluding hydrogens is 232 g/mol. The van der Waals surface area contributed by atoms with Crippen LogP contribution in [0.25, 0.3) is 0 Å². The van der Waals surface area contributed by atoms with E-state index in [-0.39, 0.29) is 12.1 Å². The van der Waals surface area contributed by atoms with Crippen LogP contribution in [-0.2, 0) is 0 Å². The molecule has 2 N–H and O–H groups in total. The molecule has 3 nitrogen and oxygen atoms in total. The third kappa shape index (κ3) is 3.21. The predicted molar refractivity (Wildman–Crippen MR) is 71.2 cm³/mol. The van der Waals surface area contributed by atoms with E-state index in [4.69, 9.17) is 0 Å².